The number of carbonyl (C=O) groups excluding carboxylic acids is 2. The summed E-state index contributed by atoms with van der Waals surface area (Å²) in [6, 6.07) is 0. The van der Waals surface area contributed by atoms with Crippen molar-refractivity contribution < 1.29 is 23.8 Å². The molecule has 0 N–H and O–H groups in total. The van der Waals surface area contributed by atoms with Gasteiger partial charge < -0.3 is 14.2 Å². The topological polar surface area (TPSA) is 61.8 Å². The lowest BCUT2D eigenvalue weighted by Crippen LogP contribution is -2.22. The van der Waals surface area contributed by atoms with E-state index >= 15 is 0 Å². The van der Waals surface area contributed by atoms with E-state index in [1.807, 2.05) is 13.0 Å². The van der Waals surface area contributed by atoms with Crippen molar-refractivity contribution in [1.82, 2.24) is 0 Å². The molecule has 0 bridgehead atoms. The molecule has 0 aromatic heterocycles. The highest BCUT2D eigenvalue weighted by atomic mass is 16.5. The van der Waals surface area contributed by atoms with Gasteiger partial charge in [-0.1, -0.05) is 6.92 Å². The van der Waals surface area contributed by atoms with Crippen molar-refractivity contribution in [3.63, 3.8) is 0 Å². The minimum Gasteiger partial charge on any atom is -0.493 e. The number of allylic oxidation sites excluding steroid dienone is 2. The minimum absolute atomic E-state index is 0.0786. The van der Waals surface area contributed by atoms with Crippen molar-refractivity contribution in [3.05, 3.63) is 23.7 Å². The Bertz CT molecular complexity index is 422. The fourth-order valence-corrected chi connectivity index (χ4v) is 2.05. The second-order valence-electron chi connectivity index (χ2n) is 4.80. The summed E-state index contributed by atoms with van der Waals surface area (Å²) >= 11 is 0. The molecule has 112 valence electrons. The van der Waals surface area contributed by atoms with E-state index in [1.165, 1.54) is 6.92 Å². The molecule has 0 spiro atoms. The fourth-order valence-electron chi connectivity index (χ4n) is 2.05. The first-order valence-corrected chi connectivity index (χ1v) is 6.70. The van der Waals surface area contributed by atoms with Gasteiger partial charge in [-0.3, -0.25) is 9.59 Å². The summed E-state index contributed by atoms with van der Waals surface area (Å²) < 4.78 is 15.7. The van der Waals surface area contributed by atoms with E-state index in [4.69, 9.17) is 14.2 Å². The van der Waals surface area contributed by atoms with Crippen LogP contribution in [0.1, 0.15) is 27.2 Å². The van der Waals surface area contributed by atoms with Gasteiger partial charge in [0.15, 0.2) is 11.5 Å². The van der Waals surface area contributed by atoms with Crippen molar-refractivity contribution in [1.29, 1.82) is 0 Å². The van der Waals surface area contributed by atoms with Gasteiger partial charge in [0.2, 0.25) is 0 Å². The number of rotatable bonds is 7. The number of hydrogen-bond acceptors (Lipinski definition) is 5. The van der Waals surface area contributed by atoms with Crippen LogP contribution in [0.2, 0.25) is 0 Å². The van der Waals surface area contributed by atoms with Crippen LogP contribution in [0.3, 0.4) is 0 Å². The summed E-state index contributed by atoms with van der Waals surface area (Å²) in [6.45, 7) is 5.68. The number of carbonyl (C=O) groups is 2. The van der Waals surface area contributed by atoms with E-state index in [1.54, 1.807) is 20.1 Å². The Morgan fingerprint density at radius 2 is 1.85 bits per heavy atom. The standard InChI is InChI=1S/C15H22O5/c1-10-8-15(20-7-5-6-19-12(3)17)14(18-4)9-13(10)11(2)16/h8-10,13H,5-7H2,1-4H3. The number of hydrogen-bond donors (Lipinski definition) is 0. The van der Waals surface area contributed by atoms with Crippen molar-refractivity contribution in [3.8, 4) is 0 Å². The molecule has 1 rings (SSSR count). The number of methoxy groups -OCH3 is 1. The monoisotopic (exact) mass is 282 g/mol. The fraction of sp³-hybridized carbons (Fsp3) is 0.600. The summed E-state index contributed by atoms with van der Waals surface area (Å²) in [6.07, 6.45) is 4.31. The normalized spacial score (nSPS) is 21.6. The maximum absolute atomic E-state index is 11.5. The predicted octanol–water partition coefficient (Wildman–Crippen LogP) is 2.23. The Morgan fingerprint density at radius 3 is 2.40 bits per heavy atom. The van der Waals surface area contributed by atoms with Gasteiger partial charge in [0.1, 0.15) is 5.78 Å². The number of ether oxygens (including phenoxy) is 3. The first kappa shape index (κ1) is 16.3. The van der Waals surface area contributed by atoms with Crippen molar-refractivity contribution >= 4 is 11.8 Å². The highest BCUT2D eigenvalue weighted by Gasteiger charge is 2.26. The first-order valence-electron chi connectivity index (χ1n) is 6.70. The Kier molecular flexibility index (Phi) is 6.28. The first-order chi connectivity index (χ1) is 9.45. The summed E-state index contributed by atoms with van der Waals surface area (Å²) in [5, 5.41) is 0. The van der Waals surface area contributed by atoms with Crippen LogP contribution in [0.25, 0.3) is 0 Å². The molecule has 0 heterocycles. The van der Waals surface area contributed by atoms with Gasteiger partial charge in [0.05, 0.1) is 20.3 Å². The zero-order valence-corrected chi connectivity index (χ0v) is 12.5. The average Bonchev–Trinajstić information content (AvgIpc) is 2.37. The van der Waals surface area contributed by atoms with Gasteiger partial charge in [-0.15, -0.1) is 0 Å². The highest BCUT2D eigenvalue weighted by Crippen LogP contribution is 2.29. The van der Waals surface area contributed by atoms with E-state index in [0.717, 1.165) is 0 Å². The van der Waals surface area contributed by atoms with Crippen molar-refractivity contribution in [2.75, 3.05) is 20.3 Å². The van der Waals surface area contributed by atoms with Crippen LogP contribution in [0.4, 0.5) is 0 Å². The summed E-state index contributed by atoms with van der Waals surface area (Å²) in [5.74, 6) is 0.943. The molecule has 20 heavy (non-hydrogen) atoms. The third kappa shape index (κ3) is 4.72. The van der Waals surface area contributed by atoms with Gasteiger partial charge in [-0.05, 0) is 25.0 Å². The van der Waals surface area contributed by atoms with Crippen molar-refractivity contribution in [2.24, 2.45) is 11.8 Å². The average molecular weight is 282 g/mol. The SMILES string of the molecule is COC1=CC(C(C)=O)C(C)C=C1OCCCOC(C)=O. The van der Waals surface area contributed by atoms with E-state index in [0.29, 0.717) is 31.2 Å². The molecule has 0 aromatic rings. The Morgan fingerprint density at radius 1 is 1.15 bits per heavy atom. The van der Waals surface area contributed by atoms with Crippen LogP contribution in [-0.4, -0.2) is 32.1 Å². The number of Topliss-reactive ketones (excluding diaryl/α,β-unsaturated/α-hetero) is 1. The van der Waals surface area contributed by atoms with Crippen LogP contribution in [0.15, 0.2) is 23.7 Å². The van der Waals surface area contributed by atoms with Gasteiger partial charge >= 0.3 is 5.97 Å². The van der Waals surface area contributed by atoms with Crippen LogP contribution >= 0.6 is 0 Å². The highest BCUT2D eigenvalue weighted by molar-refractivity contribution is 5.81. The van der Waals surface area contributed by atoms with Crippen molar-refractivity contribution in [2.45, 2.75) is 27.2 Å². The molecule has 0 amide bonds. The Hall–Kier alpha value is -1.78. The van der Waals surface area contributed by atoms with Crippen LogP contribution < -0.4 is 0 Å². The van der Waals surface area contributed by atoms with E-state index < -0.39 is 0 Å². The van der Waals surface area contributed by atoms with E-state index in [2.05, 4.69) is 0 Å². The zero-order chi connectivity index (χ0) is 15.1. The van der Waals surface area contributed by atoms with Gasteiger partial charge in [-0.25, -0.2) is 0 Å². The predicted molar refractivity (Wildman–Crippen MR) is 73.7 cm³/mol. The molecular weight excluding hydrogens is 260 g/mol. The number of ketones is 1. The van der Waals surface area contributed by atoms with Crippen LogP contribution in [0.5, 0.6) is 0 Å². The lowest BCUT2D eigenvalue weighted by Gasteiger charge is -2.24. The molecule has 0 saturated heterocycles. The lowest BCUT2D eigenvalue weighted by molar-refractivity contribution is -0.141. The molecule has 0 radical (unpaired) electrons. The molecular formula is C15H22O5. The molecule has 0 fully saturated rings. The van der Waals surface area contributed by atoms with Gasteiger partial charge in [0, 0.05) is 19.3 Å². The molecule has 2 atom stereocenters. The summed E-state index contributed by atoms with van der Waals surface area (Å²) in [5.41, 5.74) is 0. The Balaban J connectivity index is 2.52. The maximum atomic E-state index is 11.5. The van der Waals surface area contributed by atoms with Gasteiger partial charge in [0.25, 0.3) is 0 Å². The second-order valence-corrected chi connectivity index (χ2v) is 4.80. The van der Waals surface area contributed by atoms with Crippen LogP contribution in [0, 0.1) is 11.8 Å². The third-order valence-corrected chi connectivity index (χ3v) is 3.10. The molecule has 5 heteroatoms. The van der Waals surface area contributed by atoms with Gasteiger partial charge in [-0.2, -0.15) is 0 Å². The summed E-state index contributed by atoms with van der Waals surface area (Å²) in [7, 11) is 1.55. The molecule has 0 aliphatic heterocycles. The van der Waals surface area contributed by atoms with E-state index in [9.17, 15) is 9.59 Å². The molecule has 5 nitrogen and oxygen atoms in total. The molecule has 0 aromatic carbocycles. The minimum atomic E-state index is -0.294. The van der Waals surface area contributed by atoms with E-state index in [-0.39, 0.29) is 23.6 Å². The lowest BCUT2D eigenvalue weighted by atomic mass is 9.86. The quantitative estimate of drug-likeness (QED) is 0.529. The largest absolute Gasteiger partial charge is 0.493 e. The second kappa shape index (κ2) is 7.72. The van der Waals surface area contributed by atoms with Crippen LogP contribution in [-0.2, 0) is 23.8 Å². The maximum Gasteiger partial charge on any atom is 0.302 e. The smallest absolute Gasteiger partial charge is 0.302 e. The zero-order valence-electron chi connectivity index (χ0n) is 12.5. The molecule has 1 aliphatic carbocycles. The molecule has 2 unspecified atom stereocenters. The summed E-state index contributed by atoms with van der Waals surface area (Å²) in [4.78, 5) is 22.1. The molecule has 1 aliphatic rings. The number of esters is 1. The molecule has 0 saturated carbocycles. The Labute approximate surface area is 119 Å². The third-order valence-electron chi connectivity index (χ3n) is 3.10.